The summed E-state index contributed by atoms with van der Waals surface area (Å²) in [6.07, 6.45) is -3.53. The number of aliphatic hydroxyl groups excluding tert-OH is 1. The van der Waals surface area contributed by atoms with E-state index in [4.69, 9.17) is 0 Å². The molecule has 0 bridgehead atoms. The number of benzene rings is 1. The third kappa shape index (κ3) is 4.45. The Bertz CT molecular complexity index is 486. The molecule has 21 heavy (non-hydrogen) atoms. The molecule has 1 N–H and O–H groups in total. The number of hydrogen-bond donors (Lipinski definition) is 1. The van der Waals surface area contributed by atoms with Gasteiger partial charge in [0.2, 0.25) is 0 Å². The van der Waals surface area contributed by atoms with Crippen molar-refractivity contribution in [3.8, 4) is 0 Å². The molecule has 0 spiro atoms. The lowest BCUT2D eigenvalue weighted by atomic mass is 9.95. The molecular weight excluding hydrogens is 279 g/mol. The maximum absolute atomic E-state index is 12.6. The summed E-state index contributed by atoms with van der Waals surface area (Å²) in [5.41, 5.74) is 3.72. The molecule has 0 radical (unpaired) electrons. The fraction of sp³-hybridized carbons (Fsp3) is 0.625. The van der Waals surface area contributed by atoms with Crippen LogP contribution in [0.5, 0.6) is 0 Å². The Morgan fingerprint density at radius 1 is 1.19 bits per heavy atom. The highest BCUT2D eigenvalue weighted by molar-refractivity contribution is 5.39. The van der Waals surface area contributed by atoms with Gasteiger partial charge in [0.1, 0.15) is 0 Å². The van der Waals surface area contributed by atoms with E-state index in [1.54, 1.807) is 0 Å². The highest BCUT2D eigenvalue weighted by Crippen LogP contribution is 2.33. The van der Waals surface area contributed by atoms with Gasteiger partial charge in [-0.15, -0.1) is 0 Å². The minimum absolute atomic E-state index is 0.0349. The Hall–Kier alpha value is -1.07. The SMILES string of the molecule is Cc1cc(C)c(C(O)CN(CC(F)(F)F)C2CC2)c(C)c1. The van der Waals surface area contributed by atoms with E-state index in [0.717, 1.165) is 35.1 Å². The number of nitrogens with zero attached hydrogens (tertiary/aromatic N) is 1. The van der Waals surface area contributed by atoms with Crippen LogP contribution in [-0.4, -0.2) is 35.3 Å². The highest BCUT2D eigenvalue weighted by atomic mass is 19.4. The maximum atomic E-state index is 12.6. The zero-order chi connectivity index (χ0) is 15.8. The molecule has 0 heterocycles. The number of alkyl halides is 3. The predicted molar refractivity (Wildman–Crippen MR) is 76.3 cm³/mol. The van der Waals surface area contributed by atoms with Gasteiger partial charge in [-0.1, -0.05) is 17.7 Å². The lowest BCUT2D eigenvalue weighted by molar-refractivity contribution is -0.150. The van der Waals surface area contributed by atoms with Crippen LogP contribution in [0.4, 0.5) is 13.2 Å². The summed E-state index contributed by atoms with van der Waals surface area (Å²) < 4.78 is 37.9. The average molecular weight is 301 g/mol. The van der Waals surface area contributed by atoms with Crippen molar-refractivity contribution >= 4 is 0 Å². The van der Waals surface area contributed by atoms with Crippen molar-refractivity contribution in [3.63, 3.8) is 0 Å². The summed E-state index contributed by atoms with van der Waals surface area (Å²) in [6.45, 7) is 4.84. The molecule has 1 aromatic carbocycles. The van der Waals surface area contributed by atoms with Gasteiger partial charge in [0.15, 0.2) is 0 Å². The van der Waals surface area contributed by atoms with E-state index in [1.807, 2.05) is 32.9 Å². The van der Waals surface area contributed by atoms with Crippen molar-refractivity contribution in [1.82, 2.24) is 4.90 Å². The van der Waals surface area contributed by atoms with Crippen LogP contribution in [-0.2, 0) is 0 Å². The lowest BCUT2D eigenvalue weighted by Crippen LogP contribution is -2.38. The maximum Gasteiger partial charge on any atom is 0.401 e. The Morgan fingerprint density at radius 3 is 2.14 bits per heavy atom. The Labute approximate surface area is 123 Å². The van der Waals surface area contributed by atoms with E-state index in [1.165, 1.54) is 4.90 Å². The quantitative estimate of drug-likeness (QED) is 0.897. The van der Waals surface area contributed by atoms with E-state index < -0.39 is 18.8 Å². The van der Waals surface area contributed by atoms with Crippen molar-refractivity contribution in [2.45, 2.75) is 51.9 Å². The number of aryl methyl sites for hydroxylation is 3. The summed E-state index contributed by atoms with van der Waals surface area (Å²) in [4.78, 5) is 1.36. The molecule has 0 amide bonds. The molecule has 1 aliphatic rings. The zero-order valence-electron chi connectivity index (χ0n) is 12.7. The van der Waals surface area contributed by atoms with Crippen LogP contribution >= 0.6 is 0 Å². The van der Waals surface area contributed by atoms with E-state index in [2.05, 4.69) is 0 Å². The van der Waals surface area contributed by atoms with Crippen molar-refractivity contribution in [2.24, 2.45) is 0 Å². The minimum atomic E-state index is -4.22. The molecule has 1 aliphatic carbocycles. The summed E-state index contributed by atoms with van der Waals surface area (Å²) in [7, 11) is 0. The van der Waals surface area contributed by atoms with Gasteiger partial charge in [0, 0.05) is 12.6 Å². The number of aliphatic hydroxyl groups is 1. The largest absolute Gasteiger partial charge is 0.401 e. The first kappa shape index (κ1) is 16.3. The van der Waals surface area contributed by atoms with Gasteiger partial charge < -0.3 is 5.11 Å². The van der Waals surface area contributed by atoms with Crippen molar-refractivity contribution in [2.75, 3.05) is 13.1 Å². The normalized spacial score (nSPS) is 17.3. The van der Waals surface area contributed by atoms with Gasteiger partial charge in [-0.05, 0) is 50.3 Å². The molecule has 118 valence electrons. The third-order valence-electron chi connectivity index (χ3n) is 3.92. The van der Waals surface area contributed by atoms with Crippen molar-refractivity contribution < 1.29 is 18.3 Å². The Kier molecular flexibility index (Phi) is 4.63. The molecule has 1 aromatic rings. The van der Waals surface area contributed by atoms with Crippen LogP contribution < -0.4 is 0 Å². The van der Waals surface area contributed by atoms with Crippen molar-refractivity contribution in [3.05, 3.63) is 34.4 Å². The van der Waals surface area contributed by atoms with Gasteiger partial charge >= 0.3 is 6.18 Å². The molecule has 0 aliphatic heterocycles. The Balaban J connectivity index is 2.14. The summed E-state index contributed by atoms with van der Waals surface area (Å²) in [5.74, 6) is 0. The number of rotatable bonds is 5. The summed E-state index contributed by atoms with van der Waals surface area (Å²) in [5, 5.41) is 10.4. The second-order valence-electron chi connectivity index (χ2n) is 6.10. The first-order chi connectivity index (χ1) is 9.67. The molecule has 0 aromatic heterocycles. The number of hydrogen-bond acceptors (Lipinski definition) is 2. The smallest absolute Gasteiger partial charge is 0.387 e. The first-order valence-electron chi connectivity index (χ1n) is 7.24. The molecule has 2 rings (SSSR count). The fourth-order valence-electron chi connectivity index (χ4n) is 3.04. The van der Waals surface area contributed by atoms with Crippen LogP contribution in [0.2, 0.25) is 0 Å². The molecule has 1 saturated carbocycles. The van der Waals surface area contributed by atoms with E-state index in [0.29, 0.717) is 0 Å². The molecule has 0 saturated heterocycles. The van der Waals surface area contributed by atoms with Crippen LogP contribution in [0.15, 0.2) is 12.1 Å². The van der Waals surface area contributed by atoms with Crippen molar-refractivity contribution in [1.29, 1.82) is 0 Å². The Morgan fingerprint density at radius 2 is 1.71 bits per heavy atom. The third-order valence-corrected chi connectivity index (χ3v) is 3.92. The van der Waals surface area contributed by atoms with Gasteiger partial charge in [0.05, 0.1) is 12.6 Å². The van der Waals surface area contributed by atoms with Crippen LogP contribution in [0.3, 0.4) is 0 Å². The van der Waals surface area contributed by atoms with E-state index in [9.17, 15) is 18.3 Å². The monoisotopic (exact) mass is 301 g/mol. The lowest BCUT2D eigenvalue weighted by Gasteiger charge is -2.27. The highest BCUT2D eigenvalue weighted by Gasteiger charge is 2.39. The minimum Gasteiger partial charge on any atom is -0.387 e. The summed E-state index contributed by atoms with van der Waals surface area (Å²) >= 11 is 0. The number of halogens is 3. The molecule has 1 unspecified atom stereocenters. The van der Waals surface area contributed by atoms with Gasteiger partial charge in [-0.2, -0.15) is 13.2 Å². The molecule has 5 heteroatoms. The van der Waals surface area contributed by atoms with E-state index in [-0.39, 0.29) is 12.6 Å². The van der Waals surface area contributed by atoms with Crippen LogP contribution in [0.25, 0.3) is 0 Å². The summed E-state index contributed by atoms with van der Waals surface area (Å²) in [6, 6.07) is 3.88. The molecule has 1 fully saturated rings. The van der Waals surface area contributed by atoms with Gasteiger partial charge in [0.25, 0.3) is 0 Å². The predicted octanol–water partition coefficient (Wildman–Crippen LogP) is 3.67. The average Bonchev–Trinajstić information content (AvgIpc) is 3.07. The zero-order valence-corrected chi connectivity index (χ0v) is 12.7. The van der Waals surface area contributed by atoms with Crippen LogP contribution in [0, 0.1) is 20.8 Å². The second-order valence-corrected chi connectivity index (χ2v) is 6.10. The molecular formula is C16H22F3NO. The topological polar surface area (TPSA) is 23.5 Å². The van der Waals surface area contributed by atoms with Gasteiger partial charge in [-0.3, -0.25) is 4.90 Å². The first-order valence-corrected chi connectivity index (χ1v) is 7.24. The standard InChI is InChI=1S/C16H22F3NO/c1-10-6-11(2)15(12(3)7-10)14(21)8-20(13-4-5-13)9-16(17,18)19/h6-7,13-14,21H,4-5,8-9H2,1-3H3. The van der Waals surface area contributed by atoms with Gasteiger partial charge in [-0.25, -0.2) is 0 Å². The molecule has 1 atom stereocenters. The van der Waals surface area contributed by atoms with Crippen LogP contribution in [0.1, 0.15) is 41.2 Å². The second kappa shape index (κ2) is 5.97. The molecule has 2 nitrogen and oxygen atoms in total. The fourth-order valence-corrected chi connectivity index (χ4v) is 3.04. The van der Waals surface area contributed by atoms with E-state index >= 15 is 0 Å².